The van der Waals surface area contributed by atoms with Crippen LogP contribution in [0, 0.1) is 0 Å². The van der Waals surface area contributed by atoms with E-state index in [0.29, 0.717) is 11.5 Å². The fourth-order valence-corrected chi connectivity index (χ4v) is 1.06. The third-order valence-corrected chi connectivity index (χ3v) is 1.64. The Morgan fingerprint density at radius 1 is 1.29 bits per heavy atom. The first kappa shape index (κ1) is 13.3. The molecule has 0 bridgehead atoms. The van der Waals surface area contributed by atoms with Gasteiger partial charge in [0.15, 0.2) is 0 Å². The Morgan fingerprint density at radius 3 is 2.00 bits per heavy atom. The number of carboxylic acids is 1. The van der Waals surface area contributed by atoms with E-state index >= 15 is 0 Å². The van der Waals surface area contributed by atoms with E-state index in [0.717, 1.165) is 0 Å². The number of carbonyl (C=O) groups is 1. The van der Waals surface area contributed by atoms with Gasteiger partial charge >= 0.3 is 35.5 Å². The molecule has 1 aromatic carbocycles. The van der Waals surface area contributed by atoms with Gasteiger partial charge in [-0.2, -0.15) is 0 Å². The molecule has 72 valence electrons. The summed E-state index contributed by atoms with van der Waals surface area (Å²) in [6.45, 7) is 0. The van der Waals surface area contributed by atoms with E-state index in [9.17, 15) is 4.79 Å². The maximum atomic E-state index is 10.8. The molecule has 1 aromatic rings. The third-order valence-electron chi connectivity index (χ3n) is 1.64. The monoisotopic (exact) mass is 206 g/mol. The van der Waals surface area contributed by atoms with Crippen molar-refractivity contribution < 1.29 is 50.4 Å². The first-order valence-electron chi connectivity index (χ1n) is 3.65. The van der Waals surface area contributed by atoms with Gasteiger partial charge in [0.25, 0.3) is 0 Å². The van der Waals surface area contributed by atoms with Crippen LogP contribution < -0.4 is 39.0 Å². The topological polar surface area (TPSA) is 55.8 Å². The molecule has 0 saturated carbocycles. The van der Waals surface area contributed by atoms with Crippen molar-refractivity contribution in [2.45, 2.75) is 0 Å². The molecular formula is C9H11NaO4. The molecule has 5 heteroatoms. The quantitative estimate of drug-likeness (QED) is 0.613. The first-order valence-corrected chi connectivity index (χ1v) is 3.65. The standard InChI is InChI=1S/C9H10O4.Na.H/c1-12-6-4-3-5-7(13-2)8(6)9(10)11;;/h3-5H,1-2H3,(H,10,11);;/q;+1;-1. The normalized spacial score (nSPS) is 8.71. The Balaban J connectivity index is 0. The minimum absolute atomic E-state index is 0. The number of aromatic carboxylic acids is 1. The maximum absolute atomic E-state index is 10.8. The summed E-state index contributed by atoms with van der Waals surface area (Å²) in [6, 6.07) is 4.82. The van der Waals surface area contributed by atoms with E-state index in [1.807, 2.05) is 0 Å². The van der Waals surface area contributed by atoms with Gasteiger partial charge in [-0.3, -0.25) is 0 Å². The van der Waals surface area contributed by atoms with Crippen LogP contribution in [0.5, 0.6) is 11.5 Å². The smallest absolute Gasteiger partial charge is 1.00 e. The van der Waals surface area contributed by atoms with Crippen molar-refractivity contribution in [3.63, 3.8) is 0 Å². The number of hydrogen-bond acceptors (Lipinski definition) is 3. The van der Waals surface area contributed by atoms with Crippen molar-refractivity contribution in [3.05, 3.63) is 23.8 Å². The molecule has 0 aromatic heterocycles. The zero-order valence-corrected chi connectivity index (χ0v) is 10.4. The first-order chi connectivity index (χ1) is 6.20. The number of methoxy groups -OCH3 is 2. The Kier molecular flexibility index (Phi) is 5.60. The van der Waals surface area contributed by atoms with Gasteiger partial charge in [0, 0.05) is 0 Å². The fraction of sp³-hybridized carbons (Fsp3) is 0.222. The second kappa shape index (κ2) is 5.90. The van der Waals surface area contributed by atoms with Gasteiger partial charge < -0.3 is 16.0 Å². The van der Waals surface area contributed by atoms with Crippen molar-refractivity contribution in [2.75, 3.05) is 14.2 Å². The summed E-state index contributed by atoms with van der Waals surface area (Å²) in [7, 11) is 2.84. The summed E-state index contributed by atoms with van der Waals surface area (Å²) < 4.78 is 9.78. The molecule has 0 aliphatic carbocycles. The predicted octanol–water partition coefficient (Wildman–Crippen LogP) is -1.48. The van der Waals surface area contributed by atoms with Crippen molar-refractivity contribution in [1.29, 1.82) is 0 Å². The number of carboxylic acid groups (broad SMARTS) is 1. The molecule has 0 aliphatic heterocycles. The van der Waals surface area contributed by atoms with Gasteiger partial charge in [-0.05, 0) is 12.1 Å². The van der Waals surface area contributed by atoms with Gasteiger partial charge in [-0.25, -0.2) is 4.79 Å². The van der Waals surface area contributed by atoms with Crippen LogP contribution in [0.25, 0.3) is 0 Å². The molecule has 0 fully saturated rings. The average Bonchev–Trinajstić information content (AvgIpc) is 2.16. The van der Waals surface area contributed by atoms with Crippen LogP contribution in [-0.4, -0.2) is 25.3 Å². The Labute approximate surface area is 106 Å². The average molecular weight is 206 g/mol. The number of rotatable bonds is 3. The molecule has 0 aliphatic rings. The molecule has 0 unspecified atom stereocenters. The molecule has 1 N–H and O–H groups in total. The molecule has 1 rings (SSSR count). The molecule has 4 nitrogen and oxygen atoms in total. The third kappa shape index (κ3) is 2.64. The van der Waals surface area contributed by atoms with Crippen LogP contribution in [0.4, 0.5) is 0 Å². The minimum Gasteiger partial charge on any atom is -1.00 e. The number of hydrogen-bond donors (Lipinski definition) is 1. The molecule has 0 heterocycles. The predicted molar refractivity (Wildman–Crippen MR) is 47.6 cm³/mol. The van der Waals surface area contributed by atoms with Crippen LogP contribution >= 0.6 is 0 Å². The number of ether oxygens (including phenoxy) is 2. The molecule has 14 heavy (non-hydrogen) atoms. The minimum atomic E-state index is -1.06. The molecular weight excluding hydrogens is 195 g/mol. The van der Waals surface area contributed by atoms with Crippen LogP contribution in [-0.2, 0) is 0 Å². The second-order valence-corrected chi connectivity index (χ2v) is 2.34. The summed E-state index contributed by atoms with van der Waals surface area (Å²) in [5.74, 6) is -0.465. The van der Waals surface area contributed by atoms with E-state index in [4.69, 9.17) is 14.6 Å². The maximum Gasteiger partial charge on any atom is 1.00 e. The van der Waals surface area contributed by atoms with Crippen LogP contribution in [0.15, 0.2) is 18.2 Å². The van der Waals surface area contributed by atoms with Crippen molar-refractivity contribution in [2.24, 2.45) is 0 Å². The summed E-state index contributed by atoms with van der Waals surface area (Å²) in [4.78, 5) is 10.8. The summed E-state index contributed by atoms with van der Waals surface area (Å²) in [6.07, 6.45) is 0. The molecule has 0 spiro atoms. The van der Waals surface area contributed by atoms with Crippen LogP contribution in [0.1, 0.15) is 11.8 Å². The molecule has 0 saturated heterocycles. The SMILES string of the molecule is COc1cccc(OC)c1C(=O)O.[H-].[Na+]. The summed E-state index contributed by atoms with van der Waals surface area (Å²) in [5, 5.41) is 8.85. The Bertz CT molecular complexity index is 308. The summed E-state index contributed by atoms with van der Waals surface area (Å²) in [5.41, 5.74) is 0.0486. The zero-order valence-electron chi connectivity index (χ0n) is 9.40. The van der Waals surface area contributed by atoms with E-state index in [-0.39, 0.29) is 36.5 Å². The summed E-state index contributed by atoms with van der Waals surface area (Å²) >= 11 is 0. The van der Waals surface area contributed by atoms with Gasteiger partial charge in [0.2, 0.25) is 0 Å². The van der Waals surface area contributed by atoms with Crippen molar-refractivity contribution >= 4 is 5.97 Å². The molecule has 0 amide bonds. The van der Waals surface area contributed by atoms with E-state index in [2.05, 4.69) is 0 Å². The van der Waals surface area contributed by atoms with E-state index < -0.39 is 5.97 Å². The second-order valence-electron chi connectivity index (χ2n) is 2.34. The van der Waals surface area contributed by atoms with Gasteiger partial charge in [-0.15, -0.1) is 0 Å². The van der Waals surface area contributed by atoms with Crippen LogP contribution in [0.2, 0.25) is 0 Å². The largest absolute Gasteiger partial charge is 1.00 e. The number of benzene rings is 1. The van der Waals surface area contributed by atoms with Crippen molar-refractivity contribution in [3.8, 4) is 11.5 Å². The Morgan fingerprint density at radius 2 is 1.71 bits per heavy atom. The zero-order chi connectivity index (χ0) is 9.84. The van der Waals surface area contributed by atoms with Gasteiger partial charge in [-0.1, -0.05) is 6.07 Å². The van der Waals surface area contributed by atoms with E-state index in [1.54, 1.807) is 18.2 Å². The fourth-order valence-electron chi connectivity index (χ4n) is 1.06. The van der Waals surface area contributed by atoms with Crippen molar-refractivity contribution in [1.82, 2.24) is 0 Å². The van der Waals surface area contributed by atoms with E-state index in [1.165, 1.54) is 14.2 Å². The Hall–Kier alpha value is -0.710. The van der Waals surface area contributed by atoms with Gasteiger partial charge in [0.05, 0.1) is 14.2 Å². The molecule has 0 radical (unpaired) electrons. The van der Waals surface area contributed by atoms with Crippen LogP contribution in [0.3, 0.4) is 0 Å². The van der Waals surface area contributed by atoms with Gasteiger partial charge in [0.1, 0.15) is 17.1 Å². The molecule has 0 atom stereocenters.